The summed E-state index contributed by atoms with van der Waals surface area (Å²) in [6, 6.07) is 6.63. The van der Waals surface area contributed by atoms with Crippen LogP contribution in [0, 0.1) is 0 Å². The molecule has 2 aromatic rings. The fourth-order valence-electron chi connectivity index (χ4n) is 1.27. The van der Waals surface area contributed by atoms with E-state index in [0.29, 0.717) is 11.3 Å². The van der Waals surface area contributed by atoms with E-state index in [0.717, 1.165) is 0 Å². The highest BCUT2D eigenvalue weighted by Crippen LogP contribution is 2.26. The van der Waals surface area contributed by atoms with E-state index >= 15 is 0 Å². The zero-order valence-corrected chi connectivity index (χ0v) is 7.64. The number of imidazole rings is 1. The van der Waals surface area contributed by atoms with Crippen LogP contribution in [0.2, 0.25) is 0 Å². The zero-order chi connectivity index (χ0) is 10.8. The molecule has 1 aromatic heterocycles. The van der Waals surface area contributed by atoms with Crippen molar-refractivity contribution in [3.05, 3.63) is 36.3 Å². The number of aromatic carboxylic acids is 1. The van der Waals surface area contributed by atoms with Gasteiger partial charge in [0.25, 0.3) is 0 Å². The molecule has 0 unspecified atom stereocenters. The lowest BCUT2D eigenvalue weighted by atomic mass is 10.1. The highest BCUT2D eigenvalue weighted by molar-refractivity contribution is 5.84. The Morgan fingerprint density at radius 1 is 1.33 bits per heavy atom. The fourth-order valence-corrected chi connectivity index (χ4v) is 1.27. The van der Waals surface area contributed by atoms with Gasteiger partial charge in [0, 0.05) is 5.56 Å². The first-order valence-electron chi connectivity index (χ1n) is 4.25. The smallest absolute Gasteiger partial charge is 0.371 e. The minimum Gasteiger partial charge on any atom is -0.507 e. The topological polar surface area (TPSA) is 86.2 Å². The molecule has 0 fully saturated rings. The monoisotopic (exact) mass is 204 g/mol. The molecule has 0 aliphatic carbocycles. The summed E-state index contributed by atoms with van der Waals surface area (Å²) in [6.07, 6.45) is 1.37. The quantitative estimate of drug-likeness (QED) is 0.691. The zero-order valence-electron chi connectivity index (χ0n) is 7.64. The SMILES string of the molecule is O=C(O)c1ncc(-c2ccccc2O)[nH]1. The van der Waals surface area contributed by atoms with E-state index < -0.39 is 5.97 Å². The summed E-state index contributed by atoms with van der Waals surface area (Å²) >= 11 is 0. The highest BCUT2D eigenvalue weighted by Gasteiger charge is 2.10. The van der Waals surface area contributed by atoms with Crippen LogP contribution in [-0.2, 0) is 0 Å². The van der Waals surface area contributed by atoms with Crippen LogP contribution in [0.3, 0.4) is 0 Å². The lowest BCUT2D eigenvalue weighted by Gasteiger charge is -1.99. The van der Waals surface area contributed by atoms with Crippen molar-refractivity contribution < 1.29 is 15.0 Å². The average Bonchev–Trinajstić information content (AvgIpc) is 2.67. The molecule has 2 rings (SSSR count). The highest BCUT2D eigenvalue weighted by atomic mass is 16.4. The maximum Gasteiger partial charge on any atom is 0.371 e. The predicted molar refractivity (Wildman–Crippen MR) is 52.6 cm³/mol. The summed E-state index contributed by atoms with van der Waals surface area (Å²) in [5.41, 5.74) is 1.00. The Kier molecular flexibility index (Phi) is 2.13. The molecule has 3 N–H and O–H groups in total. The average molecular weight is 204 g/mol. The summed E-state index contributed by atoms with van der Waals surface area (Å²) in [5.74, 6) is -1.19. The lowest BCUT2D eigenvalue weighted by Crippen LogP contribution is -1.98. The third-order valence-electron chi connectivity index (χ3n) is 1.97. The number of nitrogens with one attached hydrogen (secondary N) is 1. The van der Waals surface area contributed by atoms with Crippen LogP contribution in [0.15, 0.2) is 30.5 Å². The van der Waals surface area contributed by atoms with Gasteiger partial charge in [-0.25, -0.2) is 9.78 Å². The van der Waals surface area contributed by atoms with Gasteiger partial charge in [-0.3, -0.25) is 0 Å². The molecular formula is C10H8N2O3. The number of para-hydroxylation sites is 1. The number of phenols is 1. The molecule has 15 heavy (non-hydrogen) atoms. The van der Waals surface area contributed by atoms with E-state index in [4.69, 9.17) is 5.11 Å². The number of nitrogens with zero attached hydrogens (tertiary/aromatic N) is 1. The summed E-state index contributed by atoms with van der Waals surface area (Å²) in [5, 5.41) is 18.2. The first-order valence-corrected chi connectivity index (χ1v) is 4.25. The van der Waals surface area contributed by atoms with E-state index in [1.165, 1.54) is 12.3 Å². The maximum absolute atomic E-state index is 10.6. The number of rotatable bonds is 2. The number of phenolic OH excluding ortho intramolecular Hbond substituents is 1. The van der Waals surface area contributed by atoms with Crippen molar-refractivity contribution in [3.63, 3.8) is 0 Å². The van der Waals surface area contributed by atoms with E-state index in [1.807, 2.05) is 0 Å². The molecule has 5 nitrogen and oxygen atoms in total. The van der Waals surface area contributed by atoms with Crippen molar-refractivity contribution in [2.75, 3.05) is 0 Å². The molecule has 0 saturated carbocycles. The van der Waals surface area contributed by atoms with Gasteiger partial charge in [-0.05, 0) is 12.1 Å². The number of aromatic nitrogens is 2. The molecule has 0 aliphatic rings. The second kappa shape index (κ2) is 3.45. The van der Waals surface area contributed by atoms with Gasteiger partial charge in [0.2, 0.25) is 5.82 Å². The van der Waals surface area contributed by atoms with Crippen LogP contribution < -0.4 is 0 Å². The summed E-state index contributed by atoms with van der Waals surface area (Å²) in [7, 11) is 0. The van der Waals surface area contributed by atoms with Crippen LogP contribution in [-0.4, -0.2) is 26.2 Å². The largest absolute Gasteiger partial charge is 0.507 e. The molecule has 0 spiro atoms. The van der Waals surface area contributed by atoms with Gasteiger partial charge in [-0.15, -0.1) is 0 Å². The first kappa shape index (κ1) is 9.26. The van der Waals surface area contributed by atoms with Gasteiger partial charge in [0.05, 0.1) is 11.9 Å². The second-order valence-electron chi connectivity index (χ2n) is 2.97. The van der Waals surface area contributed by atoms with E-state index in [-0.39, 0.29) is 11.6 Å². The minimum atomic E-state index is -1.13. The maximum atomic E-state index is 10.6. The number of H-pyrrole nitrogens is 1. The van der Waals surface area contributed by atoms with Gasteiger partial charge in [0.1, 0.15) is 5.75 Å². The summed E-state index contributed by atoms with van der Waals surface area (Å²) in [6.45, 7) is 0. The Labute approximate surface area is 85.0 Å². The Balaban J connectivity index is 2.46. The Hall–Kier alpha value is -2.30. The number of benzene rings is 1. The number of carbonyl (C=O) groups is 1. The van der Waals surface area contributed by atoms with Crippen molar-refractivity contribution >= 4 is 5.97 Å². The molecule has 76 valence electrons. The second-order valence-corrected chi connectivity index (χ2v) is 2.97. The first-order chi connectivity index (χ1) is 7.18. The summed E-state index contributed by atoms with van der Waals surface area (Å²) < 4.78 is 0. The number of hydrogen-bond acceptors (Lipinski definition) is 3. The number of carboxylic acid groups (broad SMARTS) is 1. The summed E-state index contributed by atoms with van der Waals surface area (Å²) in [4.78, 5) is 16.8. The Bertz CT molecular complexity index is 505. The molecular weight excluding hydrogens is 196 g/mol. The third-order valence-corrected chi connectivity index (χ3v) is 1.97. The van der Waals surface area contributed by atoms with Gasteiger partial charge in [-0.2, -0.15) is 0 Å². The third kappa shape index (κ3) is 1.67. The van der Waals surface area contributed by atoms with Crippen LogP contribution in [0.4, 0.5) is 0 Å². The van der Waals surface area contributed by atoms with Crippen molar-refractivity contribution in [2.45, 2.75) is 0 Å². The van der Waals surface area contributed by atoms with Gasteiger partial charge < -0.3 is 15.2 Å². The van der Waals surface area contributed by atoms with Crippen molar-refractivity contribution in [1.82, 2.24) is 9.97 Å². The van der Waals surface area contributed by atoms with E-state index in [9.17, 15) is 9.90 Å². The molecule has 1 heterocycles. The van der Waals surface area contributed by atoms with Crippen LogP contribution >= 0.6 is 0 Å². The van der Waals surface area contributed by atoms with Crippen LogP contribution in [0.25, 0.3) is 11.3 Å². The fraction of sp³-hybridized carbons (Fsp3) is 0. The van der Waals surface area contributed by atoms with Crippen molar-refractivity contribution in [1.29, 1.82) is 0 Å². The van der Waals surface area contributed by atoms with Crippen LogP contribution in [0.5, 0.6) is 5.75 Å². The molecule has 0 atom stereocenters. The Morgan fingerprint density at radius 2 is 2.07 bits per heavy atom. The van der Waals surface area contributed by atoms with Gasteiger partial charge in [-0.1, -0.05) is 12.1 Å². The van der Waals surface area contributed by atoms with E-state index in [2.05, 4.69) is 9.97 Å². The minimum absolute atomic E-state index is 0.0816. The van der Waals surface area contributed by atoms with Crippen molar-refractivity contribution in [2.24, 2.45) is 0 Å². The molecule has 0 saturated heterocycles. The number of aromatic hydroxyl groups is 1. The molecule has 1 aromatic carbocycles. The normalized spacial score (nSPS) is 10.1. The van der Waals surface area contributed by atoms with Crippen molar-refractivity contribution in [3.8, 4) is 17.0 Å². The lowest BCUT2D eigenvalue weighted by molar-refractivity contribution is 0.0685. The number of hydrogen-bond donors (Lipinski definition) is 3. The van der Waals surface area contributed by atoms with Crippen LogP contribution in [0.1, 0.15) is 10.6 Å². The van der Waals surface area contributed by atoms with E-state index in [1.54, 1.807) is 18.2 Å². The number of carboxylic acids is 1. The molecule has 0 aliphatic heterocycles. The molecule has 5 heteroatoms. The Morgan fingerprint density at radius 3 is 2.67 bits per heavy atom. The molecule has 0 bridgehead atoms. The van der Waals surface area contributed by atoms with Gasteiger partial charge in [0.15, 0.2) is 0 Å². The molecule has 0 amide bonds. The molecule has 0 radical (unpaired) electrons. The van der Waals surface area contributed by atoms with Gasteiger partial charge >= 0.3 is 5.97 Å². The number of aromatic amines is 1. The standard InChI is InChI=1S/C10H8N2O3/c13-8-4-2-1-3-6(8)7-5-11-9(12-7)10(14)15/h1-5,13H,(H,11,12)(H,14,15). The predicted octanol–water partition coefficient (Wildman–Crippen LogP) is 1.48.